The van der Waals surface area contributed by atoms with Gasteiger partial charge in [-0.25, -0.2) is 0 Å². The van der Waals surface area contributed by atoms with Gasteiger partial charge in [-0.15, -0.1) is 0 Å². The van der Waals surface area contributed by atoms with Gasteiger partial charge in [0.1, 0.15) is 0 Å². The molecule has 0 radical (unpaired) electrons. The Bertz CT molecular complexity index is 128. The largest absolute Gasteiger partial charge is 0.389 e. The Morgan fingerprint density at radius 1 is 1.75 bits per heavy atom. The molecule has 46 valence electrons. The molecule has 1 unspecified atom stereocenters. The van der Waals surface area contributed by atoms with E-state index in [-0.39, 0.29) is 6.10 Å². The first-order valence-corrected chi connectivity index (χ1v) is 3.13. The van der Waals surface area contributed by atoms with Gasteiger partial charge in [-0.2, -0.15) is 0 Å². The topological polar surface area (TPSA) is 20.2 Å². The summed E-state index contributed by atoms with van der Waals surface area (Å²) >= 11 is 5.68. The van der Waals surface area contributed by atoms with Crippen LogP contribution in [0.1, 0.15) is 19.8 Å². The Kier molecular flexibility index (Phi) is 1.59. The van der Waals surface area contributed by atoms with E-state index >= 15 is 0 Å². The molecule has 0 aromatic heterocycles. The van der Waals surface area contributed by atoms with Crippen molar-refractivity contribution in [3.63, 3.8) is 0 Å². The Morgan fingerprint density at radius 3 is 2.50 bits per heavy atom. The molecular formula is C6H9ClO. The third-order valence-electron chi connectivity index (χ3n) is 1.56. The van der Waals surface area contributed by atoms with Gasteiger partial charge in [0.05, 0.1) is 6.10 Å². The van der Waals surface area contributed by atoms with Gasteiger partial charge in [0.2, 0.25) is 0 Å². The summed E-state index contributed by atoms with van der Waals surface area (Å²) in [6.07, 6.45) is 1.40. The molecule has 2 heteroatoms. The molecule has 0 aromatic rings. The van der Waals surface area contributed by atoms with Crippen LogP contribution < -0.4 is 0 Å². The van der Waals surface area contributed by atoms with Gasteiger partial charge >= 0.3 is 0 Å². The lowest BCUT2D eigenvalue weighted by Gasteiger charge is -1.98. The summed E-state index contributed by atoms with van der Waals surface area (Å²) in [5.41, 5.74) is 0.951. The van der Waals surface area contributed by atoms with E-state index in [2.05, 4.69) is 0 Å². The SMILES string of the molecule is CC1=C(Cl)CCC1O. The van der Waals surface area contributed by atoms with Crippen LogP contribution in [0.15, 0.2) is 10.6 Å². The molecule has 0 bridgehead atoms. The van der Waals surface area contributed by atoms with E-state index in [0.29, 0.717) is 0 Å². The summed E-state index contributed by atoms with van der Waals surface area (Å²) in [6, 6.07) is 0. The minimum absolute atomic E-state index is 0.262. The summed E-state index contributed by atoms with van der Waals surface area (Å²) in [5.74, 6) is 0. The van der Waals surface area contributed by atoms with Gasteiger partial charge in [-0.05, 0) is 25.3 Å². The monoisotopic (exact) mass is 132 g/mol. The van der Waals surface area contributed by atoms with Crippen LogP contribution in [-0.4, -0.2) is 11.2 Å². The number of allylic oxidation sites excluding steroid dienone is 1. The van der Waals surface area contributed by atoms with Crippen molar-refractivity contribution in [2.24, 2.45) is 0 Å². The fourth-order valence-electron chi connectivity index (χ4n) is 0.858. The van der Waals surface area contributed by atoms with E-state index in [1.807, 2.05) is 6.92 Å². The van der Waals surface area contributed by atoms with Crippen molar-refractivity contribution in [1.82, 2.24) is 0 Å². The average Bonchev–Trinajstić information content (AvgIpc) is 1.98. The van der Waals surface area contributed by atoms with Crippen LogP contribution in [0.3, 0.4) is 0 Å². The Hall–Kier alpha value is -0.0100. The number of hydrogen-bond donors (Lipinski definition) is 1. The molecule has 0 aliphatic heterocycles. The first-order chi connectivity index (χ1) is 3.72. The second-order valence-electron chi connectivity index (χ2n) is 2.14. The zero-order valence-electron chi connectivity index (χ0n) is 4.82. The first-order valence-electron chi connectivity index (χ1n) is 2.75. The second kappa shape index (κ2) is 2.08. The van der Waals surface area contributed by atoms with E-state index in [1.165, 1.54) is 0 Å². The van der Waals surface area contributed by atoms with Crippen molar-refractivity contribution in [3.05, 3.63) is 10.6 Å². The van der Waals surface area contributed by atoms with Crippen LogP contribution in [0.5, 0.6) is 0 Å². The fraction of sp³-hybridized carbons (Fsp3) is 0.667. The molecule has 1 atom stereocenters. The molecule has 0 saturated heterocycles. The number of halogens is 1. The van der Waals surface area contributed by atoms with E-state index < -0.39 is 0 Å². The smallest absolute Gasteiger partial charge is 0.0765 e. The Morgan fingerprint density at radius 2 is 2.38 bits per heavy atom. The lowest BCUT2D eigenvalue weighted by Crippen LogP contribution is -2.00. The first kappa shape index (κ1) is 6.12. The predicted octanol–water partition coefficient (Wildman–Crippen LogP) is 1.65. The van der Waals surface area contributed by atoms with Crippen molar-refractivity contribution >= 4 is 11.6 Å². The zero-order valence-corrected chi connectivity index (χ0v) is 5.57. The van der Waals surface area contributed by atoms with Gasteiger partial charge in [-0.3, -0.25) is 0 Å². The average molecular weight is 133 g/mol. The molecule has 0 spiro atoms. The standard InChI is InChI=1S/C6H9ClO/c1-4-5(7)2-3-6(4)8/h6,8H,2-3H2,1H3. The molecule has 1 N–H and O–H groups in total. The van der Waals surface area contributed by atoms with Gasteiger partial charge in [-0.1, -0.05) is 11.6 Å². The normalized spacial score (nSPS) is 29.6. The van der Waals surface area contributed by atoms with E-state index in [1.54, 1.807) is 0 Å². The van der Waals surface area contributed by atoms with Crippen LogP contribution in [-0.2, 0) is 0 Å². The second-order valence-corrected chi connectivity index (χ2v) is 2.60. The molecule has 0 heterocycles. The highest BCUT2D eigenvalue weighted by Crippen LogP contribution is 2.28. The molecule has 0 amide bonds. The summed E-state index contributed by atoms with van der Waals surface area (Å²) in [7, 11) is 0. The van der Waals surface area contributed by atoms with Gasteiger partial charge in [0.15, 0.2) is 0 Å². The molecule has 0 saturated carbocycles. The maximum absolute atomic E-state index is 9.03. The minimum atomic E-state index is -0.262. The van der Waals surface area contributed by atoms with E-state index in [9.17, 15) is 0 Å². The Labute approximate surface area is 54.0 Å². The highest BCUT2D eigenvalue weighted by molar-refractivity contribution is 6.30. The number of aliphatic hydroxyl groups excluding tert-OH is 1. The molecule has 8 heavy (non-hydrogen) atoms. The third-order valence-corrected chi connectivity index (χ3v) is 2.05. The molecular weight excluding hydrogens is 124 g/mol. The Balaban J connectivity index is 2.71. The highest BCUT2D eigenvalue weighted by Gasteiger charge is 2.17. The number of aliphatic hydroxyl groups is 1. The van der Waals surface area contributed by atoms with Crippen molar-refractivity contribution < 1.29 is 5.11 Å². The maximum atomic E-state index is 9.03. The maximum Gasteiger partial charge on any atom is 0.0765 e. The van der Waals surface area contributed by atoms with Crippen LogP contribution >= 0.6 is 11.6 Å². The fourth-order valence-corrected chi connectivity index (χ4v) is 1.09. The molecule has 0 aromatic carbocycles. The lowest BCUT2D eigenvalue weighted by molar-refractivity contribution is 0.212. The quantitative estimate of drug-likeness (QED) is 0.532. The molecule has 1 aliphatic rings. The van der Waals surface area contributed by atoms with E-state index in [0.717, 1.165) is 23.4 Å². The predicted molar refractivity (Wildman–Crippen MR) is 33.8 cm³/mol. The van der Waals surface area contributed by atoms with Gasteiger partial charge in [0.25, 0.3) is 0 Å². The van der Waals surface area contributed by atoms with Crippen LogP contribution in [0.25, 0.3) is 0 Å². The summed E-state index contributed by atoms with van der Waals surface area (Å²) < 4.78 is 0. The molecule has 1 nitrogen and oxygen atoms in total. The summed E-state index contributed by atoms with van der Waals surface area (Å²) in [6.45, 7) is 1.88. The zero-order chi connectivity index (χ0) is 6.15. The van der Waals surface area contributed by atoms with Crippen molar-refractivity contribution in [1.29, 1.82) is 0 Å². The molecule has 1 rings (SSSR count). The summed E-state index contributed by atoms with van der Waals surface area (Å²) in [5, 5.41) is 9.87. The van der Waals surface area contributed by atoms with Crippen molar-refractivity contribution in [2.75, 3.05) is 0 Å². The van der Waals surface area contributed by atoms with Crippen molar-refractivity contribution in [2.45, 2.75) is 25.9 Å². The third kappa shape index (κ3) is 0.884. The van der Waals surface area contributed by atoms with E-state index in [4.69, 9.17) is 16.7 Å². The van der Waals surface area contributed by atoms with Crippen LogP contribution in [0.2, 0.25) is 0 Å². The minimum Gasteiger partial charge on any atom is -0.389 e. The van der Waals surface area contributed by atoms with Crippen LogP contribution in [0, 0.1) is 0 Å². The highest BCUT2D eigenvalue weighted by atomic mass is 35.5. The van der Waals surface area contributed by atoms with Gasteiger partial charge < -0.3 is 5.11 Å². The molecule has 1 aliphatic carbocycles. The van der Waals surface area contributed by atoms with Crippen molar-refractivity contribution in [3.8, 4) is 0 Å². The van der Waals surface area contributed by atoms with Crippen LogP contribution in [0.4, 0.5) is 0 Å². The number of hydrogen-bond acceptors (Lipinski definition) is 1. The lowest BCUT2D eigenvalue weighted by atomic mass is 10.2. The number of rotatable bonds is 0. The molecule has 0 fully saturated rings. The van der Waals surface area contributed by atoms with Gasteiger partial charge in [0, 0.05) is 5.03 Å². The summed E-state index contributed by atoms with van der Waals surface area (Å²) in [4.78, 5) is 0.